The molecule has 2 saturated heterocycles. The minimum absolute atomic E-state index is 0. The Balaban J connectivity index is 0.00000128. The van der Waals surface area contributed by atoms with E-state index in [0.717, 1.165) is 45.1 Å². The first-order chi connectivity index (χ1) is 7.27. The second-order valence-electron chi connectivity index (χ2n) is 4.95. The van der Waals surface area contributed by atoms with Crippen LogP contribution < -0.4 is 0 Å². The van der Waals surface area contributed by atoms with Gasteiger partial charge in [0, 0.05) is 32.6 Å². The van der Waals surface area contributed by atoms with E-state index < -0.39 is 0 Å². The van der Waals surface area contributed by atoms with E-state index in [1.807, 2.05) is 0 Å². The first-order valence-corrected chi connectivity index (χ1v) is 6.01. The largest absolute Gasteiger partial charge is 0.381 e. The van der Waals surface area contributed by atoms with Gasteiger partial charge < -0.3 is 4.74 Å². The lowest BCUT2D eigenvalue weighted by Gasteiger charge is -2.44. The molecule has 1 atom stereocenters. The number of hydrogen-bond donors (Lipinski definition) is 0. The fourth-order valence-corrected chi connectivity index (χ4v) is 2.79. The van der Waals surface area contributed by atoms with E-state index in [1.165, 1.54) is 12.8 Å². The molecular weight excluding hydrogens is 224 g/mol. The molecule has 2 aliphatic heterocycles. The molecule has 0 bridgehead atoms. The van der Waals surface area contributed by atoms with Crippen molar-refractivity contribution in [2.45, 2.75) is 38.1 Å². The first kappa shape index (κ1) is 13.8. The number of ether oxygens (including phenoxy) is 1. The van der Waals surface area contributed by atoms with Gasteiger partial charge in [-0.3, -0.25) is 4.90 Å². The average Bonchev–Trinajstić information content (AvgIpc) is 2.30. The van der Waals surface area contributed by atoms with Crippen LogP contribution in [0.1, 0.15) is 32.6 Å². The molecule has 0 amide bonds. The molecule has 0 aromatic carbocycles. The normalized spacial score (nSPS) is 30.1. The first-order valence-electron chi connectivity index (χ1n) is 6.01. The summed E-state index contributed by atoms with van der Waals surface area (Å²) in [6.45, 7) is 5.97. The highest BCUT2D eigenvalue weighted by molar-refractivity contribution is 5.85. The smallest absolute Gasteiger partial charge is 0.113 e. The maximum absolute atomic E-state index is 9.43. The van der Waals surface area contributed by atoms with Crippen molar-refractivity contribution in [1.29, 1.82) is 5.26 Å². The quantitative estimate of drug-likeness (QED) is 0.710. The van der Waals surface area contributed by atoms with Crippen molar-refractivity contribution in [2.75, 3.05) is 26.3 Å². The molecule has 0 radical (unpaired) electrons. The summed E-state index contributed by atoms with van der Waals surface area (Å²) < 4.78 is 5.37. The summed E-state index contributed by atoms with van der Waals surface area (Å²) in [5.74, 6) is 0.742. The van der Waals surface area contributed by atoms with Gasteiger partial charge in [0.2, 0.25) is 0 Å². The van der Waals surface area contributed by atoms with Gasteiger partial charge in [-0.25, -0.2) is 0 Å². The van der Waals surface area contributed by atoms with Crippen LogP contribution in [0.15, 0.2) is 0 Å². The summed E-state index contributed by atoms with van der Waals surface area (Å²) >= 11 is 0. The van der Waals surface area contributed by atoms with Crippen molar-refractivity contribution in [3.8, 4) is 6.07 Å². The predicted octanol–water partition coefficient (Wildman–Crippen LogP) is 2.21. The molecule has 3 nitrogen and oxygen atoms in total. The third-order valence-corrected chi connectivity index (χ3v) is 3.79. The highest BCUT2D eigenvalue weighted by Gasteiger charge is 2.40. The van der Waals surface area contributed by atoms with E-state index in [-0.39, 0.29) is 17.9 Å². The maximum Gasteiger partial charge on any atom is 0.113 e. The van der Waals surface area contributed by atoms with E-state index in [1.54, 1.807) is 0 Å². The van der Waals surface area contributed by atoms with Gasteiger partial charge in [-0.15, -0.1) is 12.4 Å². The number of nitrogens with zero attached hydrogens (tertiary/aromatic N) is 2. The van der Waals surface area contributed by atoms with Gasteiger partial charge in [0.1, 0.15) is 5.54 Å². The molecule has 2 rings (SSSR count). The number of hydrogen-bond acceptors (Lipinski definition) is 3. The Hall–Kier alpha value is -0.300. The summed E-state index contributed by atoms with van der Waals surface area (Å²) in [6.07, 6.45) is 4.33. The molecule has 0 N–H and O–H groups in total. The minimum atomic E-state index is -0.215. The van der Waals surface area contributed by atoms with Gasteiger partial charge >= 0.3 is 0 Å². The lowest BCUT2D eigenvalue weighted by molar-refractivity contribution is -0.0147. The molecule has 0 aliphatic carbocycles. The van der Waals surface area contributed by atoms with Gasteiger partial charge in [0.15, 0.2) is 0 Å². The molecular formula is C12H21ClN2O. The third kappa shape index (κ3) is 2.68. The van der Waals surface area contributed by atoms with Crippen LogP contribution in [0.5, 0.6) is 0 Å². The van der Waals surface area contributed by atoms with E-state index >= 15 is 0 Å². The Morgan fingerprint density at radius 3 is 2.62 bits per heavy atom. The summed E-state index contributed by atoms with van der Waals surface area (Å²) in [4.78, 5) is 2.41. The van der Waals surface area contributed by atoms with Gasteiger partial charge in [0.25, 0.3) is 0 Å². The van der Waals surface area contributed by atoms with E-state index in [9.17, 15) is 5.26 Å². The number of likely N-dealkylation sites (tertiary alicyclic amines) is 1. The Labute approximate surface area is 104 Å². The number of rotatable bonds is 1. The standard InChI is InChI=1S/C12H20N2O.ClH/c1-11-3-2-6-14(9-11)12(10-13)4-7-15-8-5-12;/h11H,2-9H2,1H3;1H. The fourth-order valence-electron chi connectivity index (χ4n) is 2.79. The van der Waals surface area contributed by atoms with E-state index in [4.69, 9.17) is 4.74 Å². The van der Waals surface area contributed by atoms with Gasteiger partial charge in [-0.2, -0.15) is 5.26 Å². The summed E-state index contributed by atoms with van der Waals surface area (Å²) in [6, 6.07) is 2.55. The Morgan fingerprint density at radius 2 is 2.06 bits per heavy atom. The molecule has 2 fully saturated rings. The van der Waals surface area contributed by atoms with Crippen LogP contribution >= 0.6 is 12.4 Å². The Kier molecular flexibility index (Phi) is 5.04. The van der Waals surface area contributed by atoms with Crippen LogP contribution in [-0.2, 0) is 4.74 Å². The molecule has 16 heavy (non-hydrogen) atoms. The predicted molar refractivity (Wildman–Crippen MR) is 65.6 cm³/mol. The zero-order chi connectivity index (χ0) is 10.7. The summed E-state index contributed by atoms with van der Waals surface area (Å²) in [5, 5.41) is 9.43. The van der Waals surface area contributed by atoms with Gasteiger partial charge in [0.05, 0.1) is 6.07 Å². The van der Waals surface area contributed by atoms with Crippen molar-refractivity contribution in [1.82, 2.24) is 4.90 Å². The zero-order valence-corrected chi connectivity index (χ0v) is 10.8. The van der Waals surface area contributed by atoms with Crippen LogP contribution in [0.3, 0.4) is 0 Å². The molecule has 0 saturated carbocycles. The molecule has 1 unspecified atom stereocenters. The maximum atomic E-state index is 9.43. The molecule has 0 aromatic heterocycles. The highest BCUT2D eigenvalue weighted by Crippen LogP contribution is 2.31. The van der Waals surface area contributed by atoms with Crippen LogP contribution in [-0.4, -0.2) is 36.7 Å². The SMILES string of the molecule is CC1CCCN(C2(C#N)CCOCC2)C1.Cl. The van der Waals surface area contributed by atoms with Crippen molar-refractivity contribution in [3.63, 3.8) is 0 Å². The van der Waals surface area contributed by atoms with E-state index in [2.05, 4.69) is 17.9 Å². The lowest BCUT2D eigenvalue weighted by atomic mass is 9.86. The van der Waals surface area contributed by atoms with Crippen molar-refractivity contribution in [3.05, 3.63) is 0 Å². The summed E-state index contributed by atoms with van der Waals surface area (Å²) in [7, 11) is 0. The highest BCUT2D eigenvalue weighted by atomic mass is 35.5. The van der Waals surface area contributed by atoms with Crippen LogP contribution in [0.2, 0.25) is 0 Å². The van der Waals surface area contributed by atoms with Crippen LogP contribution in [0, 0.1) is 17.2 Å². The van der Waals surface area contributed by atoms with Gasteiger partial charge in [-0.1, -0.05) is 6.92 Å². The van der Waals surface area contributed by atoms with Crippen molar-refractivity contribution < 1.29 is 4.74 Å². The van der Waals surface area contributed by atoms with Crippen molar-refractivity contribution >= 4 is 12.4 Å². The molecule has 2 aliphatic rings. The molecule has 0 spiro atoms. The fraction of sp³-hybridized carbons (Fsp3) is 0.917. The van der Waals surface area contributed by atoms with E-state index in [0.29, 0.717) is 0 Å². The number of piperidine rings is 1. The number of halogens is 1. The van der Waals surface area contributed by atoms with Gasteiger partial charge in [-0.05, 0) is 25.3 Å². The zero-order valence-electron chi connectivity index (χ0n) is 9.95. The second kappa shape index (κ2) is 5.86. The lowest BCUT2D eigenvalue weighted by Crippen LogP contribution is -2.54. The monoisotopic (exact) mass is 244 g/mol. The summed E-state index contributed by atoms with van der Waals surface area (Å²) in [5.41, 5.74) is -0.215. The number of nitriles is 1. The van der Waals surface area contributed by atoms with Crippen molar-refractivity contribution in [2.24, 2.45) is 5.92 Å². The second-order valence-corrected chi connectivity index (χ2v) is 4.95. The molecule has 2 heterocycles. The molecule has 0 aromatic rings. The minimum Gasteiger partial charge on any atom is -0.381 e. The molecule has 4 heteroatoms. The average molecular weight is 245 g/mol. The Morgan fingerprint density at radius 1 is 1.38 bits per heavy atom. The van der Waals surface area contributed by atoms with Crippen LogP contribution in [0.25, 0.3) is 0 Å². The van der Waals surface area contributed by atoms with Crippen LogP contribution in [0.4, 0.5) is 0 Å². The molecule has 92 valence electrons. The third-order valence-electron chi connectivity index (χ3n) is 3.79. The Bertz CT molecular complexity index is 258. The topological polar surface area (TPSA) is 36.3 Å².